The van der Waals surface area contributed by atoms with Crippen LogP contribution in [0.3, 0.4) is 0 Å². The van der Waals surface area contributed by atoms with E-state index in [0.717, 1.165) is 6.42 Å². The summed E-state index contributed by atoms with van der Waals surface area (Å²) in [6, 6.07) is 0. The molecule has 0 aliphatic carbocycles. The van der Waals surface area contributed by atoms with Gasteiger partial charge in [0, 0.05) is 19.0 Å². The maximum Gasteiger partial charge on any atom is 0.225 e. The van der Waals surface area contributed by atoms with Crippen LogP contribution in [0.15, 0.2) is 12.7 Å². The van der Waals surface area contributed by atoms with Crippen molar-refractivity contribution in [2.45, 2.75) is 20.3 Å². The SMILES string of the molecule is C=CCN(CCO)C(=O)C(C)CC. The van der Waals surface area contributed by atoms with Crippen LogP contribution in [-0.2, 0) is 4.79 Å². The van der Waals surface area contributed by atoms with Crippen LogP contribution in [0.4, 0.5) is 0 Å². The quantitative estimate of drug-likeness (QED) is 0.628. The third-order valence-corrected chi connectivity index (χ3v) is 2.07. The molecule has 0 aromatic heterocycles. The number of carbonyl (C=O) groups excluding carboxylic acids is 1. The average Bonchev–Trinajstić information content (AvgIpc) is 2.15. The molecule has 3 nitrogen and oxygen atoms in total. The molecule has 0 aromatic rings. The van der Waals surface area contributed by atoms with Gasteiger partial charge in [0.1, 0.15) is 0 Å². The number of nitrogens with zero attached hydrogens (tertiary/aromatic N) is 1. The molecular weight excluding hydrogens is 166 g/mol. The van der Waals surface area contributed by atoms with Crippen molar-refractivity contribution in [2.24, 2.45) is 5.92 Å². The Hall–Kier alpha value is -0.830. The number of hydrogen-bond donors (Lipinski definition) is 1. The second-order valence-corrected chi connectivity index (χ2v) is 3.11. The molecule has 0 saturated heterocycles. The number of aliphatic hydroxyl groups is 1. The van der Waals surface area contributed by atoms with Crippen molar-refractivity contribution in [3.8, 4) is 0 Å². The maximum absolute atomic E-state index is 11.6. The highest BCUT2D eigenvalue weighted by Crippen LogP contribution is 2.06. The highest BCUT2D eigenvalue weighted by Gasteiger charge is 2.16. The topological polar surface area (TPSA) is 40.5 Å². The van der Waals surface area contributed by atoms with E-state index in [9.17, 15) is 4.79 Å². The van der Waals surface area contributed by atoms with E-state index in [4.69, 9.17) is 5.11 Å². The molecule has 3 heteroatoms. The molecule has 1 N–H and O–H groups in total. The van der Waals surface area contributed by atoms with Crippen molar-refractivity contribution < 1.29 is 9.90 Å². The molecule has 0 rings (SSSR count). The van der Waals surface area contributed by atoms with Gasteiger partial charge in [0.2, 0.25) is 5.91 Å². The van der Waals surface area contributed by atoms with Crippen LogP contribution in [0.2, 0.25) is 0 Å². The van der Waals surface area contributed by atoms with Crippen LogP contribution in [-0.4, -0.2) is 35.6 Å². The van der Waals surface area contributed by atoms with Crippen molar-refractivity contribution in [1.82, 2.24) is 4.90 Å². The predicted molar refractivity (Wildman–Crippen MR) is 53.3 cm³/mol. The average molecular weight is 185 g/mol. The van der Waals surface area contributed by atoms with Crippen molar-refractivity contribution in [3.05, 3.63) is 12.7 Å². The van der Waals surface area contributed by atoms with Crippen molar-refractivity contribution in [2.75, 3.05) is 19.7 Å². The Morgan fingerprint density at radius 3 is 2.69 bits per heavy atom. The minimum Gasteiger partial charge on any atom is -0.395 e. The van der Waals surface area contributed by atoms with Gasteiger partial charge in [-0.05, 0) is 6.42 Å². The zero-order chi connectivity index (χ0) is 10.3. The summed E-state index contributed by atoms with van der Waals surface area (Å²) in [4.78, 5) is 13.2. The molecule has 0 radical (unpaired) electrons. The van der Waals surface area contributed by atoms with Crippen LogP contribution < -0.4 is 0 Å². The molecule has 13 heavy (non-hydrogen) atoms. The van der Waals surface area contributed by atoms with Gasteiger partial charge < -0.3 is 10.0 Å². The van der Waals surface area contributed by atoms with E-state index in [1.54, 1.807) is 11.0 Å². The third-order valence-electron chi connectivity index (χ3n) is 2.07. The fourth-order valence-corrected chi connectivity index (χ4v) is 1.05. The molecule has 1 amide bonds. The number of carbonyl (C=O) groups is 1. The van der Waals surface area contributed by atoms with Crippen LogP contribution in [0.25, 0.3) is 0 Å². The van der Waals surface area contributed by atoms with E-state index in [0.29, 0.717) is 13.1 Å². The summed E-state index contributed by atoms with van der Waals surface area (Å²) in [5.41, 5.74) is 0. The Labute approximate surface area is 80.0 Å². The first-order valence-corrected chi connectivity index (χ1v) is 4.67. The Bertz CT molecular complexity index is 168. The molecular formula is C10H19NO2. The fourth-order valence-electron chi connectivity index (χ4n) is 1.05. The predicted octanol–water partition coefficient (Wildman–Crippen LogP) is 1.04. The zero-order valence-electron chi connectivity index (χ0n) is 8.49. The molecule has 76 valence electrons. The minimum absolute atomic E-state index is 0.00993. The second-order valence-electron chi connectivity index (χ2n) is 3.11. The van der Waals surface area contributed by atoms with Gasteiger partial charge in [0.05, 0.1) is 6.61 Å². The Morgan fingerprint density at radius 1 is 1.69 bits per heavy atom. The number of rotatable bonds is 6. The number of hydrogen-bond acceptors (Lipinski definition) is 2. The highest BCUT2D eigenvalue weighted by atomic mass is 16.3. The zero-order valence-corrected chi connectivity index (χ0v) is 8.49. The van der Waals surface area contributed by atoms with E-state index in [1.165, 1.54) is 0 Å². The largest absolute Gasteiger partial charge is 0.395 e. The van der Waals surface area contributed by atoms with E-state index in [1.807, 2.05) is 13.8 Å². The molecule has 0 aromatic carbocycles. The normalized spacial score (nSPS) is 12.2. The van der Waals surface area contributed by atoms with Gasteiger partial charge in [-0.15, -0.1) is 6.58 Å². The van der Waals surface area contributed by atoms with Gasteiger partial charge in [-0.2, -0.15) is 0 Å². The van der Waals surface area contributed by atoms with Gasteiger partial charge in [-0.1, -0.05) is 19.9 Å². The molecule has 0 spiro atoms. The van der Waals surface area contributed by atoms with E-state index in [2.05, 4.69) is 6.58 Å². The summed E-state index contributed by atoms with van der Waals surface area (Å²) in [6.07, 6.45) is 2.51. The van der Waals surface area contributed by atoms with Gasteiger partial charge in [-0.3, -0.25) is 4.79 Å². The highest BCUT2D eigenvalue weighted by molar-refractivity contribution is 5.78. The molecule has 0 saturated carbocycles. The van der Waals surface area contributed by atoms with Gasteiger partial charge in [-0.25, -0.2) is 0 Å². The monoisotopic (exact) mass is 185 g/mol. The molecule has 1 atom stereocenters. The molecule has 1 unspecified atom stereocenters. The van der Waals surface area contributed by atoms with Crippen molar-refractivity contribution in [3.63, 3.8) is 0 Å². The van der Waals surface area contributed by atoms with Crippen molar-refractivity contribution >= 4 is 5.91 Å². The fraction of sp³-hybridized carbons (Fsp3) is 0.700. The molecule has 0 aliphatic heterocycles. The van der Waals surface area contributed by atoms with Gasteiger partial charge >= 0.3 is 0 Å². The first-order valence-electron chi connectivity index (χ1n) is 4.67. The van der Waals surface area contributed by atoms with Crippen LogP contribution in [0.1, 0.15) is 20.3 Å². The summed E-state index contributed by atoms with van der Waals surface area (Å²) < 4.78 is 0. The summed E-state index contributed by atoms with van der Waals surface area (Å²) in [6.45, 7) is 8.38. The molecule has 0 heterocycles. The van der Waals surface area contributed by atoms with Gasteiger partial charge in [0.25, 0.3) is 0 Å². The maximum atomic E-state index is 11.6. The second kappa shape index (κ2) is 6.66. The molecule has 0 aliphatic rings. The molecule has 0 fully saturated rings. The van der Waals surface area contributed by atoms with E-state index in [-0.39, 0.29) is 18.4 Å². The standard InChI is InChI=1S/C10H19NO2/c1-4-6-11(7-8-12)10(13)9(3)5-2/h4,9,12H,1,5-8H2,2-3H3. The minimum atomic E-state index is 0.00993. The van der Waals surface area contributed by atoms with Crippen LogP contribution in [0.5, 0.6) is 0 Å². The lowest BCUT2D eigenvalue weighted by Crippen LogP contribution is -2.37. The lowest BCUT2D eigenvalue weighted by molar-refractivity contribution is -0.135. The van der Waals surface area contributed by atoms with E-state index < -0.39 is 0 Å². The number of amides is 1. The van der Waals surface area contributed by atoms with Gasteiger partial charge in [0.15, 0.2) is 0 Å². The summed E-state index contributed by atoms with van der Waals surface area (Å²) in [5.74, 6) is 0.128. The van der Waals surface area contributed by atoms with Crippen LogP contribution in [0, 0.1) is 5.92 Å². The summed E-state index contributed by atoms with van der Waals surface area (Å²) >= 11 is 0. The lowest BCUT2D eigenvalue weighted by Gasteiger charge is -2.23. The Kier molecular flexibility index (Phi) is 6.24. The summed E-state index contributed by atoms with van der Waals surface area (Å²) in [5, 5.41) is 8.74. The lowest BCUT2D eigenvalue weighted by atomic mass is 10.1. The Morgan fingerprint density at radius 2 is 2.31 bits per heavy atom. The summed E-state index contributed by atoms with van der Waals surface area (Å²) in [7, 11) is 0. The first kappa shape index (κ1) is 12.2. The van der Waals surface area contributed by atoms with Crippen LogP contribution >= 0.6 is 0 Å². The first-order chi connectivity index (χ1) is 6.17. The van der Waals surface area contributed by atoms with E-state index >= 15 is 0 Å². The molecule has 0 bridgehead atoms. The Balaban J connectivity index is 4.17. The van der Waals surface area contributed by atoms with Crippen molar-refractivity contribution in [1.29, 1.82) is 0 Å². The smallest absolute Gasteiger partial charge is 0.225 e. The number of aliphatic hydroxyl groups excluding tert-OH is 1. The third kappa shape index (κ3) is 4.08.